The van der Waals surface area contributed by atoms with Crippen LogP contribution in [0.5, 0.6) is 0 Å². The highest BCUT2D eigenvalue weighted by molar-refractivity contribution is 5.76. The maximum atomic E-state index is 11.9. The number of hydrogen-bond donors (Lipinski definition) is 2. The molecule has 1 unspecified atom stereocenters. The Balaban J connectivity index is 2.46. The van der Waals surface area contributed by atoms with Crippen molar-refractivity contribution in [3.05, 3.63) is 0 Å². The van der Waals surface area contributed by atoms with Crippen LogP contribution in [0.25, 0.3) is 0 Å². The second-order valence-corrected chi connectivity index (χ2v) is 4.94. The van der Waals surface area contributed by atoms with Crippen molar-refractivity contribution in [3.8, 4) is 12.3 Å². The van der Waals surface area contributed by atoms with E-state index in [1.807, 2.05) is 13.8 Å². The monoisotopic (exact) mass is 252 g/mol. The molecule has 1 fully saturated rings. The van der Waals surface area contributed by atoms with Gasteiger partial charge in [0.1, 0.15) is 0 Å². The Morgan fingerprint density at radius 1 is 1.39 bits per heavy atom. The van der Waals surface area contributed by atoms with E-state index in [1.54, 1.807) is 4.90 Å². The average molecular weight is 252 g/mol. The standard InChI is InChI=1S/C13H20N2O3/c1-4-11(9(2)3)14-13(18)15-7-5-10(6-8-15)12(16)17/h1,9-11H,5-8H2,2-3H3,(H,14,18)(H,16,17). The van der Waals surface area contributed by atoms with Crippen LogP contribution in [0.2, 0.25) is 0 Å². The number of aliphatic carboxylic acids is 1. The Morgan fingerprint density at radius 3 is 2.33 bits per heavy atom. The number of urea groups is 1. The Labute approximate surface area is 108 Å². The topological polar surface area (TPSA) is 69.6 Å². The summed E-state index contributed by atoms with van der Waals surface area (Å²) < 4.78 is 0. The van der Waals surface area contributed by atoms with Gasteiger partial charge in [-0.1, -0.05) is 19.8 Å². The van der Waals surface area contributed by atoms with Crippen LogP contribution >= 0.6 is 0 Å². The smallest absolute Gasteiger partial charge is 0.318 e. The number of rotatable bonds is 3. The highest BCUT2D eigenvalue weighted by Gasteiger charge is 2.27. The number of carbonyl (C=O) groups excluding carboxylic acids is 1. The van der Waals surface area contributed by atoms with Crippen molar-refractivity contribution in [3.63, 3.8) is 0 Å². The summed E-state index contributed by atoms with van der Waals surface area (Å²) in [4.78, 5) is 24.4. The lowest BCUT2D eigenvalue weighted by Crippen LogP contribution is -2.49. The lowest BCUT2D eigenvalue weighted by molar-refractivity contribution is -0.143. The van der Waals surface area contributed by atoms with Crippen molar-refractivity contribution < 1.29 is 14.7 Å². The molecule has 5 nitrogen and oxygen atoms in total. The number of nitrogens with zero attached hydrogens (tertiary/aromatic N) is 1. The number of amides is 2. The highest BCUT2D eigenvalue weighted by atomic mass is 16.4. The summed E-state index contributed by atoms with van der Waals surface area (Å²) in [7, 11) is 0. The van der Waals surface area contributed by atoms with E-state index < -0.39 is 5.97 Å². The van der Waals surface area contributed by atoms with Crippen molar-refractivity contribution in [2.75, 3.05) is 13.1 Å². The molecule has 2 N–H and O–H groups in total. The van der Waals surface area contributed by atoms with E-state index in [4.69, 9.17) is 11.5 Å². The van der Waals surface area contributed by atoms with Crippen LogP contribution in [0, 0.1) is 24.2 Å². The van der Waals surface area contributed by atoms with Crippen molar-refractivity contribution in [1.82, 2.24) is 10.2 Å². The van der Waals surface area contributed by atoms with E-state index in [-0.39, 0.29) is 23.9 Å². The number of carboxylic acid groups (broad SMARTS) is 1. The summed E-state index contributed by atoms with van der Waals surface area (Å²) in [6.45, 7) is 4.83. The van der Waals surface area contributed by atoms with Crippen LogP contribution < -0.4 is 5.32 Å². The predicted molar refractivity (Wildman–Crippen MR) is 67.9 cm³/mol. The maximum absolute atomic E-state index is 11.9. The van der Waals surface area contributed by atoms with Gasteiger partial charge in [-0.05, 0) is 18.8 Å². The van der Waals surface area contributed by atoms with Crippen molar-refractivity contribution in [1.29, 1.82) is 0 Å². The van der Waals surface area contributed by atoms with E-state index in [0.717, 1.165) is 0 Å². The average Bonchev–Trinajstić information content (AvgIpc) is 2.35. The first kappa shape index (κ1) is 14.4. The Morgan fingerprint density at radius 2 is 1.94 bits per heavy atom. The summed E-state index contributed by atoms with van der Waals surface area (Å²) in [5.41, 5.74) is 0. The molecule has 0 saturated carbocycles. The van der Waals surface area contributed by atoms with E-state index >= 15 is 0 Å². The molecule has 1 saturated heterocycles. The van der Waals surface area contributed by atoms with Crippen molar-refractivity contribution in [2.45, 2.75) is 32.7 Å². The van der Waals surface area contributed by atoms with E-state index in [0.29, 0.717) is 25.9 Å². The van der Waals surface area contributed by atoms with Gasteiger partial charge in [0.15, 0.2) is 0 Å². The molecule has 1 rings (SSSR count). The van der Waals surface area contributed by atoms with Gasteiger partial charge in [-0.3, -0.25) is 4.79 Å². The minimum Gasteiger partial charge on any atom is -0.481 e. The first-order valence-electron chi connectivity index (χ1n) is 6.20. The van der Waals surface area contributed by atoms with Crippen molar-refractivity contribution >= 4 is 12.0 Å². The molecular weight excluding hydrogens is 232 g/mol. The number of terminal acetylenes is 1. The molecule has 0 aromatic rings. The number of piperidine rings is 1. The van der Waals surface area contributed by atoms with Crippen LogP contribution in [-0.4, -0.2) is 41.1 Å². The largest absolute Gasteiger partial charge is 0.481 e. The predicted octanol–water partition coefficient (Wildman–Crippen LogP) is 1.15. The van der Waals surface area contributed by atoms with Crippen LogP contribution in [0.4, 0.5) is 4.79 Å². The first-order chi connectivity index (χ1) is 8.45. The minimum absolute atomic E-state index is 0.176. The molecule has 0 aromatic carbocycles. The fourth-order valence-electron chi connectivity index (χ4n) is 1.95. The van der Waals surface area contributed by atoms with Gasteiger partial charge >= 0.3 is 12.0 Å². The maximum Gasteiger partial charge on any atom is 0.318 e. The normalized spacial score (nSPS) is 18.2. The molecule has 0 bridgehead atoms. The molecular formula is C13H20N2O3. The second kappa shape index (κ2) is 6.29. The van der Waals surface area contributed by atoms with Gasteiger partial charge in [0.2, 0.25) is 0 Å². The number of nitrogens with one attached hydrogen (secondary N) is 1. The summed E-state index contributed by atoms with van der Waals surface area (Å²) >= 11 is 0. The quantitative estimate of drug-likeness (QED) is 0.740. The number of carboxylic acids is 1. The molecule has 2 amide bonds. The molecule has 18 heavy (non-hydrogen) atoms. The fraction of sp³-hybridized carbons (Fsp3) is 0.692. The Hall–Kier alpha value is -1.70. The van der Waals surface area contributed by atoms with E-state index in [1.165, 1.54) is 0 Å². The van der Waals surface area contributed by atoms with E-state index in [9.17, 15) is 9.59 Å². The molecule has 1 heterocycles. The van der Waals surface area contributed by atoms with Crippen molar-refractivity contribution in [2.24, 2.45) is 11.8 Å². The number of carbonyl (C=O) groups is 2. The second-order valence-electron chi connectivity index (χ2n) is 4.94. The number of hydrogen-bond acceptors (Lipinski definition) is 2. The van der Waals surface area contributed by atoms with Gasteiger partial charge in [-0.25, -0.2) is 4.79 Å². The Kier molecular flexibility index (Phi) is 5.02. The van der Waals surface area contributed by atoms with E-state index in [2.05, 4.69) is 11.2 Å². The summed E-state index contributed by atoms with van der Waals surface area (Å²) in [6, 6.07) is -0.481. The molecule has 0 spiro atoms. The SMILES string of the molecule is C#CC(NC(=O)N1CCC(C(=O)O)CC1)C(C)C. The Bertz CT molecular complexity index is 352. The third kappa shape index (κ3) is 3.66. The fourth-order valence-corrected chi connectivity index (χ4v) is 1.95. The van der Waals surface area contributed by atoms with Crippen LogP contribution in [-0.2, 0) is 4.79 Å². The minimum atomic E-state index is -0.779. The summed E-state index contributed by atoms with van der Waals surface area (Å²) in [5, 5.41) is 11.7. The van der Waals surface area contributed by atoms with Crippen LogP contribution in [0.1, 0.15) is 26.7 Å². The number of likely N-dealkylation sites (tertiary alicyclic amines) is 1. The summed E-state index contributed by atoms with van der Waals surface area (Å²) in [6.07, 6.45) is 6.36. The highest BCUT2D eigenvalue weighted by Crippen LogP contribution is 2.17. The lowest BCUT2D eigenvalue weighted by atomic mass is 9.97. The summed E-state index contributed by atoms with van der Waals surface area (Å²) in [5.74, 6) is 1.61. The van der Waals surface area contributed by atoms with Gasteiger partial charge in [0, 0.05) is 13.1 Å². The zero-order valence-corrected chi connectivity index (χ0v) is 10.8. The molecule has 5 heteroatoms. The molecule has 0 aromatic heterocycles. The molecule has 0 aliphatic carbocycles. The molecule has 1 aliphatic heterocycles. The van der Waals surface area contributed by atoms with Crippen LogP contribution in [0.3, 0.4) is 0 Å². The molecule has 1 aliphatic rings. The first-order valence-corrected chi connectivity index (χ1v) is 6.20. The lowest BCUT2D eigenvalue weighted by Gasteiger charge is -2.31. The van der Waals surface area contributed by atoms with Gasteiger partial charge in [-0.15, -0.1) is 6.42 Å². The van der Waals surface area contributed by atoms with Gasteiger partial charge in [-0.2, -0.15) is 0 Å². The van der Waals surface area contributed by atoms with Gasteiger partial charge in [0.05, 0.1) is 12.0 Å². The third-order valence-corrected chi connectivity index (χ3v) is 3.26. The van der Waals surface area contributed by atoms with Gasteiger partial charge in [0.25, 0.3) is 0 Å². The van der Waals surface area contributed by atoms with Crippen LogP contribution in [0.15, 0.2) is 0 Å². The third-order valence-electron chi connectivity index (χ3n) is 3.26. The zero-order valence-electron chi connectivity index (χ0n) is 10.8. The zero-order chi connectivity index (χ0) is 13.7. The molecule has 0 radical (unpaired) electrons. The molecule has 1 atom stereocenters. The molecule has 100 valence electrons. The van der Waals surface area contributed by atoms with Gasteiger partial charge < -0.3 is 15.3 Å².